The van der Waals surface area contributed by atoms with Crippen molar-refractivity contribution in [2.45, 2.75) is 18.9 Å². The number of carboxylic acid groups (broad SMARTS) is 1. The van der Waals surface area contributed by atoms with Crippen LogP contribution < -0.4 is 5.32 Å². The Bertz CT molecular complexity index is 600. The molecule has 2 N–H and O–H groups in total. The van der Waals surface area contributed by atoms with E-state index in [-0.39, 0.29) is 0 Å². The molecule has 0 heterocycles. The maximum absolute atomic E-state index is 11.9. The van der Waals surface area contributed by atoms with Gasteiger partial charge in [-0.15, -0.1) is 0 Å². The lowest BCUT2D eigenvalue weighted by molar-refractivity contribution is -0.142. The topological polar surface area (TPSA) is 49.3 Å². The Morgan fingerprint density at radius 2 is 1.75 bits per heavy atom. The number of halogens is 1. The molecule has 1 atom stereocenters. The molecule has 0 aliphatic carbocycles. The first-order valence-electron chi connectivity index (χ1n) is 6.42. The number of anilines is 1. The van der Waals surface area contributed by atoms with Gasteiger partial charge in [0.15, 0.2) is 5.54 Å². The maximum Gasteiger partial charge on any atom is 0.334 e. The lowest BCUT2D eigenvalue weighted by Gasteiger charge is -2.31. The molecule has 0 spiro atoms. The molecule has 0 aromatic heterocycles. The molecule has 2 aromatic carbocycles. The number of rotatable bonds is 5. The minimum atomic E-state index is -1.19. The second kappa shape index (κ2) is 5.97. The third kappa shape index (κ3) is 2.63. The fourth-order valence-electron chi connectivity index (χ4n) is 2.21. The molecule has 0 aliphatic heterocycles. The Morgan fingerprint density at radius 1 is 1.15 bits per heavy atom. The first-order chi connectivity index (χ1) is 9.60. The Balaban J connectivity index is 2.49. The van der Waals surface area contributed by atoms with Gasteiger partial charge >= 0.3 is 5.97 Å². The van der Waals surface area contributed by atoms with Crippen LogP contribution in [0.4, 0.5) is 5.69 Å². The Morgan fingerprint density at radius 3 is 2.30 bits per heavy atom. The zero-order valence-corrected chi connectivity index (χ0v) is 11.9. The number of carboxylic acids is 1. The monoisotopic (exact) mass is 289 g/mol. The number of aliphatic carboxylic acids is 1. The van der Waals surface area contributed by atoms with Gasteiger partial charge in [0.25, 0.3) is 0 Å². The summed E-state index contributed by atoms with van der Waals surface area (Å²) < 4.78 is 0. The highest BCUT2D eigenvalue weighted by Crippen LogP contribution is 2.33. The highest BCUT2D eigenvalue weighted by atomic mass is 35.5. The summed E-state index contributed by atoms with van der Waals surface area (Å²) in [5, 5.41) is 13.3. The van der Waals surface area contributed by atoms with Crippen molar-refractivity contribution in [3.63, 3.8) is 0 Å². The van der Waals surface area contributed by atoms with E-state index in [0.29, 0.717) is 22.7 Å². The zero-order valence-electron chi connectivity index (χ0n) is 11.1. The number of hydrogen-bond donors (Lipinski definition) is 2. The normalized spacial score (nSPS) is 13.5. The van der Waals surface area contributed by atoms with E-state index >= 15 is 0 Å². The van der Waals surface area contributed by atoms with Gasteiger partial charge in [0, 0.05) is 0 Å². The van der Waals surface area contributed by atoms with E-state index in [1.165, 1.54) is 0 Å². The van der Waals surface area contributed by atoms with Crippen LogP contribution in [0.15, 0.2) is 54.6 Å². The molecule has 1 unspecified atom stereocenters. The first kappa shape index (κ1) is 14.4. The molecule has 0 fully saturated rings. The predicted molar refractivity (Wildman–Crippen MR) is 81.1 cm³/mol. The van der Waals surface area contributed by atoms with Crippen molar-refractivity contribution in [1.82, 2.24) is 0 Å². The number of benzene rings is 2. The summed E-state index contributed by atoms with van der Waals surface area (Å²) in [7, 11) is 0. The van der Waals surface area contributed by atoms with Crippen molar-refractivity contribution in [3.8, 4) is 0 Å². The van der Waals surface area contributed by atoms with Crippen LogP contribution in [-0.4, -0.2) is 11.1 Å². The molecule has 104 valence electrons. The van der Waals surface area contributed by atoms with Gasteiger partial charge in [-0.1, -0.05) is 61.0 Å². The largest absolute Gasteiger partial charge is 0.479 e. The predicted octanol–water partition coefficient (Wildman–Crippen LogP) is 4.14. The van der Waals surface area contributed by atoms with Crippen LogP contribution in [0.5, 0.6) is 0 Å². The van der Waals surface area contributed by atoms with Gasteiger partial charge in [0.05, 0.1) is 10.7 Å². The smallest absolute Gasteiger partial charge is 0.334 e. The molecule has 20 heavy (non-hydrogen) atoms. The molecule has 0 aliphatic rings. The van der Waals surface area contributed by atoms with Crippen molar-refractivity contribution in [1.29, 1.82) is 0 Å². The fourth-order valence-corrected chi connectivity index (χ4v) is 2.39. The van der Waals surface area contributed by atoms with Crippen molar-refractivity contribution in [2.24, 2.45) is 0 Å². The van der Waals surface area contributed by atoms with Crippen LogP contribution in [0.25, 0.3) is 0 Å². The summed E-state index contributed by atoms with van der Waals surface area (Å²) >= 11 is 6.12. The SMILES string of the molecule is CCC(Nc1ccccc1Cl)(C(=O)O)c1ccccc1. The maximum atomic E-state index is 11.9. The fraction of sp³-hybridized carbons (Fsp3) is 0.188. The van der Waals surface area contributed by atoms with Crippen LogP contribution in [0.1, 0.15) is 18.9 Å². The standard InChI is InChI=1S/C16H16ClNO2/c1-2-16(15(19)20,12-8-4-3-5-9-12)18-14-11-7-6-10-13(14)17/h3-11,18H,2H2,1H3,(H,19,20). The molecule has 2 rings (SSSR count). The average Bonchev–Trinajstić information content (AvgIpc) is 2.47. The van der Waals surface area contributed by atoms with Crippen LogP contribution in [0.3, 0.4) is 0 Å². The minimum absolute atomic E-state index is 0.400. The molecule has 4 heteroatoms. The van der Waals surface area contributed by atoms with Gasteiger partial charge in [-0.05, 0) is 24.1 Å². The van der Waals surface area contributed by atoms with E-state index in [9.17, 15) is 9.90 Å². The Hall–Kier alpha value is -2.00. The van der Waals surface area contributed by atoms with Crippen LogP contribution in [0.2, 0.25) is 5.02 Å². The van der Waals surface area contributed by atoms with E-state index in [1.807, 2.05) is 49.4 Å². The summed E-state index contributed by atoms with van der Waals surface area (Å²) in [5.74, 6) is -0.925. The molecule has 2 aromatic rings. The van der Waals surface area contributed by atoms with Gasteiger partial charge in [0.2, 0.25) is 0 Å². The lowest BCUT2D eigenvalue weighted by atomic mass is 9.87. The van der Waals surface area contributed by atoms with Crippen LogP contribution >= 0.6 is 11.6 Å². The third-order valence-corrected chi connectivity index (χ3v) is 3.71. The van der Waals surface area contributed by atoms with E-state index in [2.05, 4.69) is 5.32 Å². The highest BCUT2D eigenvalue weighted by Gasteiger charge is 2.38. The Kier molecular flexibility index (Phi) is 4.30. The molecule has 0 radical (unpaired) electrons. The Labute approximate surface area is 123 Å². The van der Waals surface area contributed by atoms with Crippen molar-refractivity contribution >= 4 is 23.3 Å². The van der Waals surface area contributed by atoms with E-state index < -0.39 is 11.5 Å². The molecular weight excluding hydrogens is 274 g/mol. The summed E-state index contributed by atoms with van der Waals surface area (Å²) in [6.07, 6.45) is 0.400. The lowest BCUT2D eigenvalue weighted by Crippen LogP contribution is -2.43. The quantitative estimate of drug-likeness (QED) is 0.869. The highest BCUT2D eigenvalue weighted by molar-refractivity contribution is 6.33. The van der Waals surface area contributed by atoms with Gasteiger partial charge in [-0.3, -0.25) is 0 Å². The van der Waals surface area contributed by atoms with E-state index in [1.54, 1.807) is 12.1 Å². The summed E-state index contributed by atoms with van der Waals surface area (Å²) in [6.45, 7) is 1.84. The van der Waals surface area contributed by atoms with Gasteiger partial charge in [-0.25, -0.2) is 4.79 Å². The van der Waals surface area contributed by atoms with Crippen molar-refractivity contribution < 1.29 is 9.90 Å². The van der Waals surface area contributed by atoms with Gasteiger partial charge in [-0.2, -0.15) is 0 Å². The molecule has 0 saturated carbocycles. The minimum Gasteiger partial charge on any atom is -0.479 e. The summed E-state index contributed by atoms with van der Waals surface area (Å²) in [5.41, 5.74) is 0.129. The zero-order chi connectivity index (χ0) is 14.6. The first-order valence-corrected chi connectivity index (χ1v) is 6.79. The molecule has 0 saturated heterocycles. The number of para-hydroxylation sites is 1. The third-order valence-electron chi connectivity index (χ3n) is 3.38. The number of carbonyl (C=O) groups is 1. The molecular formula is C16H16ClNO2. The van der Waals surface area contributed by atoms with Gasteiger partial charge in [0.1, 0.15) is 0 Å². The second-order valence-corrected chi connectivity index (χ2v) is 4.94. The van der Waals surface area contributed by atoms with Crippen LogP contribution in [-0.2, 0) is 10.3 Å². The number of nitrogens with one attached hydrogen (secondary N) is 1. The molecule has 0 amide bonds. The number of hydrogen-bond acceptors (Lipinski definition) is 2. The summed E-state index contributed by atoms with van der Waals surface area (Å²) in [4.78, 5) is 11.9. The van der Waals surface area contributed by atoms with Crippen LogP contribution in [0, 0.1) is 0 Å². The van der Waals surface area contributed by atoms with E-state index in [4.69, 9.17) is 11.6 Å². The van der Waals surface area contributed by atoms with Crippen molar-refractivity contribution in [2.75, 3.05) is 5.32 Å². The van der Waals surface area contributed by atoms with Crippen molar-refractivity contribution in [3.05, 3.63) is 65.2 Å². The average molecular weight is 290 g/mol. The van der Waals surface area contributed by atoms with E-state index in [0.717, 1.165) is 0 Å². The second-order valence-electron chi connectivity index (χ2n) is 4.53. The molecule has 0 bridgehead atoms. The molecule has 3 nitrogen and oxygen atoms in total. The van der Waals surface area contributed by atoms with Gasteiger partial charge < -0.3 is 10.4 Å². The summed E-state index contributed by atoms with van der Waals surface area (Å²) in [6, 6.07) is 16.3.